The summed E-state index contributed by atoms with van der Waals surface area (Å²) in [6, 6.07) is 11.2. The molecule has 134 valence electrons. The standard InChI is InChI=1S/C20H23Cl2NOS/c1-3-7-14(4-2)12-18(24)17-10-5-8-15(23-17)13-25-19-11-6-9-16(21)20(19)22/h5-6,8-11,14H,3-4,7,12-13H2,1-2H3. The number of carbonyl (C=O) groups is 1. The molecule has 25 heavy (non-hydrogen) atoms. The highest BCUT2D eigenvalue weighted by Gasteiger charge is 2.15. The van der Waals surface area contributed by atoms with Gasteiger partial charge in [-0.1, -0.05) is 68.4 Å². The van der Waals surface area contributed by atoms with Crippen molar-refractivity contribution in [1.29, 1.82) is 0 Å². The number of benzene rings is 1. The lowest BCUT2D eigenvalue weighted by atomic mass is 9.94. The molecule has 0 radical (unpaired) electrons. The van der Waals surface area contributed by atoms with Crippen LogP contribution in [0.2, 0.25) is 10.0 Å². The predicted octanol–water partition coefficient (Wildman–Crippen LogP) is 7.08. The molecular formula is C20H23Cl2NOS. The molecule has 1 aromatic heterocycles. The van der Waals surface area contributed by atoms with Crippen LogP contribution in [0.15, 0.2) is 41.3 Å². The summed E-state index contributed by atoms with van der Waals surface area (Å²) in [5.41, 5.74) is 1.43. The molecule has 2 aromatic rings. The highest BCUT2D eigenvalue weighted by atomic mass is 35.5. The van der Waals surface area contributed by atoms with Gasteiger partial charge in [-0.05, 0) is 30.2 Å². The van der Waals surface area contributed by atoms with Crippen molar-refractivity contribution >= 4 is 40.7 Å². The van der Waals surface area contributed by atoms with E-state index >= 15 is 0 Å². The number of nitrogens with zero attached hydrogens (tertiary/aromatic N) is 1. The molecule has 1 heterocycles. The Bertz CT molecular complexity index is 721. The van der Waals surface area contributed by atoms with E-state index in [0.29, 0.717) is 33.8 Å². The van der Waals surface area contributed by atoms with Gasteiger partial charge in [-0.2, -0.15) is 0 Å². The monoisotopic (exact) mass is 395 g/mol. The van der Waals surface area contributed by atoms with Crippen LogP contribution >= 0.6 is 35.0 Å². The van der Waals surface area contributed by atoms with Crippen LogP contribution in [-0.4, -0.2) is 10.8 Å². The van der Waals surface area contributed by atoms with Gasteiger partial charge in [-0.15, -0.1) is 11.8 Å². The molecule has 1 atom stereocenters. The maximum absolute atomic E-state index is 12.5. The molecule has 0 fully saturated rings. The van der Waals surface area contributed by atoms with Gasteiger partial charge in [0.25, 0.3) is 0 Å². The molecule has 0 saturated heterocycles. The van der Waals surface area contributed by atoms with Gasteiger partial charge in [-0.3, -0.25) is 4.79 Å². The fourth-order valence-corrected chi connectivity index (χ4v) is 4.08. The average Bonchev–Trinajstić information content (AvgIpc) is 2.62. The third-order valence-electron chi connectivity index (χ3n) is 4.13. The van der Waals surface area contributed by atoms with E-state index in [4.69, 9.17) is 23.2 Å². The molecule has 2 nitrogen and oxygen atoms in total. The molecule has 0 amide bonds. The topological polar surface area (TPSA) is 30.0 Å². The van der Waals surface area contributed by atoms with Gasteiger partial charge in [-0.25, -0.2) is 4.98 Å². The Morgan fingerprint density at radius 3 is 2.64 bits per heavy atom. The summed E-state index contributed by atoms with van der Waals surface area (Å²) in [4.78, 5) is 18.0. The lowest BCUT2D eigenvalue weighted by Crippen LogP contribution is -2.10. The van der Waals surface area contributed by atoms with Crippen LogP contribution in [-0.2, 0) is 5.75 Å². The van der Waals surface area contributed by atoms with Crippen LogP contribution in [0.4, 0.5) is 0 Å². The molecule has 5 heteroatoms. The van der Waals surface area contributed by atoms with E-state index in [-0.39, 0.29) is 5.78 Å². The van der Waals surface area contributed by atoms with Crippen LogP contribution in [0, 0.1) is 5.92 Å². The molecule has 0 bridgehead atoms. The first-order chi connectivity index (χ1) is 12.0. The number of hydrogen-bond donors (Lipinski definition) is 0. The predicted molar refractivity (Wildman–Crippen MR) is 108 cm³/mol. The smallest absolute Gasteiger partial charge is 0.181 e. The maximum atomic E-state index is 12.5. The molecular weight excluding hydrogens is 373 g/mol. The van der Waals surface area contributed by atoms with Crippen LogP contribution < -0.4 is 0 Å². The first-order valence-electron chi connectivity index (χ1n) is 8.61. The summed E-state index contributed by atoms with van der Waals surface area (Å²) in [5, 5.41) is 1.11. The van der Waals surface area contributed by atoms with E-state index in [1.165, 1.54) is 0 Å². The summed E-state index contributed by atoms with van der Waals surface area (Å²) in [5.74, 6) is 1.23. The lowest BCUT2D eigenvalue weighted by Gasteiger charge is -2.12. The molecule has 1 unspecified atom stereocenters. The number of thioether (sulfide) groups is 1. The number of halogens is 2. The molecule has 0 aliphatic carbocycles. The highest BCUT2D eigenvalue weighted by molar-refractivity contribution is 7.98. The van der Waals surface area contributed by atoms with E-state index in [1.54, 1.807) is 17.8 Å². The third kappa shape index (κ3) is 6.02. The first-order valence-corrected chi connectivity index (χ1v) is 10.3. The van der Waals surface area contributed by atoms with Crippen molar-refractivity contribution < 1.29 is 4.79 Å². The summed E-state index contributed by atoms with van der Waals surface area (Å²) >= 11 is 13.8. The molecule has 0 N–H and O–H groups in total. The van der Waals surface area contributed by atoms with E-state index in [2.05, 4.69) is 18.8 Å². The third-order valence-corrected chi connectivity index (χ3v) is 6.15. The molecule has 2 rings (SSSR count). The Labute approximate surface area is 164 Å². The molecule has 0 aliphatic rings. The first kappa shape index (κ1) is 20.3. The van der Waals surface area contributed by atoms with E-state index in [0.717, 1.165) is 29.9 Å². The molecule has 0 spiro atoms. The average molecular weight is 396 g/mol. The Hall–Kier alpha value is -1.03. The highest BCUT2D eigenvalue weighted by Crippen LogP contribution is 2.34. The number of ketones is 1. The number of pyridine rings is 1. The van der Waals surface area contributed by atoms with E-state index < -0.39 is 0 Å². The second-order valence-corrected chi connectivity index (χ2v) is 7.85. The normalized spacial score (nSPS) is 12.2. The fourth-order valence-electron chi connectivity index (χ4n) is 2.69. The van der Waals surface area contributed by atoms with E-state index in [9.17, 15) is 4.79 Å². The van der Waals surface area contributed by atoms with Crippen LogP contribution in [0.25, 0.3) is 0 Å². The Morgan fingerprint density at radius 2 is 1.92 bits per heavy atom. The van der Waals surface area contributed by atoms with Crippen molar-refractivity contribution in [3.63, 3.8) is 0 Å². The SMILES string of the molecule is CCCC(CC)CC(=O)c1cccc(CSc2cccc(Cl)c2Cl)n1. The Balaban J connectivity index is 2.03. The van der Waals surface area contributed by atoms with Gasteiger partial charge in [0.05, 0.1) is 15.7 Å². The summed E-state index contributed by atoms with van der Waals surface area (Å²) < 4.78 is 0. The minimum atomic E-state index is 0.132. The van der Waals surface area contributed by atoms with Crippen molar-refractivity contribution in [3.05, 3.63) is 57.8 Å². The number of rotatable bonds is 9. The van der Waals surface area contributed by atoms with Gasteiger partial charge in [0.2, 0.25) is 0 Å². The minimum Gasteiger partial charge on any atom is -0.292 e. The number of Topliss-reactive ketones (excluding diaryl/α,β-unsaturated/α-hetero) is 1. The second kappa shape index (κ2) is 10.2. The summed E-state index contributed by atoms with van der Waals surface area (Å²) in [6.07, 6.45) is 3.80. The van der Waals surface area contributed by atoms with Gasteiger partial charge >= 0.3 is 0 Å². The van der Waals surface area contributed by atoms with Crippen molar-refractivity contribution in [2.24, 2.45) is 5.92 Å². The number of carbonyl (C=O) groups excluding carboxylic acids is 1. The zero-order valence-corrected chi connectivity index (χ0v) is 16.9. The minimum absolute atomic E-state index is 0.132. The maximum Gasteiger partial charge on any atom is 0.181 e. The molecule has 0 aliphatic heterocycles. The molecule has 0 saturated carbocycles. The van der Waals surface area contributed by atoms with Gasteiger partial charge < -0.3 is 0 Å². The summed E-state index contributed by atoms with van der Waals surface area (Å²) in [6.45, 7) is 4.30. The zero-order valence-electron chi connectivity index (χ0n) is 14.6. The van der Waals surface area contributed by atoms with Crippen LogP contribution in [0.3, 0.4) is 0 Å². The summed E-state index contributed by atoms with van der Waals surface area (Å²) in [7, 11) is 0. The molecule has 1 aromatic carbocycles. The van der Waals surface area contributed by atoms with Crippen LogP contribution in [0.1, 0.15) is 55.7 Å². The quantitative estimate of drug-likeness (QED) is 0.335. The van der Waals surface area contributed by atoms with Crippen molar-refractivity contribution in [2.75, 3.05) is 0 Å². The van der Waals surface area contributed by atoms with Crippen LogP contribution in [0.5, 0.6) is 0 Å². The Kier molecular flexibility index (Phi) is 8.28. The fraction of sp³-hybridized carbons (Fsp3) is 0.400. The van der Waals surface area contributed by atoms with Crippen molar-refractivity contribution in [3.8, 4) is 0 Å². The number of hydrogen-bond acceptors (Lipinski definition) is 3. The second-order valence-electron chi connectivity index (χ2n) is 6.05. The van der Waals surface area contributed by atoms with Crippen molar-refractivity contribution in [1.82, 2.24) is 4.98 Å². The lowest BCUT2D eigenvalue weighted by molar-refractivity contribution is 0.0952. The largest absolute Gasteiger partial charge is 0.292 e. The van der Waals surface area contributed by atoms with Crippen molar-refractivity contribution in [2.45, 2.75) is 50.2 Å². The van der Waals surface area contributed by atoms with E-state index in [1.807, 2.05) is 30.3 Å². The zero-order chi connectivity index (χ0) is 18.2. The Morgan fingerprint density at radius 1 is 1.16 bits per heavy atom. The van der Waals surface area contributed by atoms with Gasteiger partial charge in [0, 0.05) is 17.1 Å². The van der Waals surface area contributed by atoms with Gasteiger partial charge in [0.15, 0.2) is 5.78 Å². The van der Waals surface area contributed by atoms with Gasteiger partial charge in [0.1, 0.15) is 5.69 Å². The number of aromatic nitrogens is 1.